The molecule has 0 aliphatic heterocycles. The van der Waals surface area contributed by atoms with Crippen molar-refractivity contribution >= 4 is 49.9 Å². The Hall–Kier alpha value is -3.87. The lowest BCUT2D eigenvalue weighted by atomic mass is 10.2. The van der Waals surface area contributed by atoms with Crippen molar-refractivity contribution in [1.29, 1.82) is 0 Å². The van der Waals surface area contributed by atoms with Crippen molar-refractivity contribution in [3.05, 3.63) is 53.7 Å². The van der Waals surface area contributed by atoms with Gasteiger partial charge in [-0.15, -0.1) is 0 Å². The van der Waals surface area contributed by atoms with E-state index in [0.29, 0.717) is 28.7 Å². The number of hydrogen-bond acceptors (Lipinski definition) is 8. The Morgan fingerprint density at radius 2 is 1.74 bits per heavy atom. The molecule has 34 heavy (non-hydrogen) atoms. The molecule has 4 aromatic rings. The highest BCUT2D eigenvalue weighted by Crippen LogP contribution is 2.34. The highest BCUT2D eigenvalue weighted by atomic mass is 32.2. The second kappa shape index (κ2) is 8.82. The molecule has 0 radical (unpaired) electrons. The van der Waals surface area contributed by atoms with Crippen LogP contribution in [-0.2, 0) is 10.0 Å². The molecule has 1 aromatic carbocycles. The van der Waals surface area contributed by atoms with Crippen LogP contribution in [0.2, 0.25) is 0 Å². The van der Waals surface area contributed by atoms with Crippen molar-refractivity contribution in [2.24, 2.45) is 0 Å². The Morgan fingerprint density at radius 1 is 1.00 bits per heavy atom. The molecule has 0 saturated carbocycles. The molecular weight excluding hydrogens is 466 g/mol. The van der Waals surface area contributed by atoms with E-state index in [2.05, 4.69) is 35.6 Å². The van der Waals surface area contributed by atoms with Crippen LogP contribution in [0.5, 0.6) is 0 Å². The van der Waals surface area contributed by atoms with Gasteiger partial charge >= 0.3 is 0 Å². The maximum Gasteiger partial charge on any atom is 0.295 e. The second-order valence-corrected chi connectivity index (χ2v) is 9.61. The third-order valence-electron chi connectivity index (χ3n) is 5.14. The molecule has 0 aliphatic rings. The summed E-state index contributed by atoms with van der Waals surface area (Å²) < 4.78 is 52.0. The fourth-order valence-electron chi connectivity index (χ4n) is 3.18. The van der Waals surface area contributed by atoms with E-state index in [1.807, 2.05) is 13.8 Å². The monoisotopic (exact) mass is 488 g/mol. The number of aromatic amines is 1. The van der Waals surface area contributed by atoms with Crippen LogP contribution in [-0.4, -0.2) is 46.6 Å². The van der Waals surface area contributed by atoms with Crippen LogP contribution in [0.25, 0.3) is 11.2 Å². The molecule has 10 nitrogen and oxygen atoms in total. The van der Waals surface area contributed by atoms with E-state index < -0.39 is 22.3 Å². The van der Waals surface area contributed by atoms with Crippen LogP contribution in [0.15, 0.2) is 36.5 Å². The zero-order chi connectivity index (χ0) is 24.6. The van der Waals surface area contributed by atoms with Gasteiger partial charge in [-0.3, -0.25) is 9.29 Å². The topological polar surface area (TPSA) is 129 Å². The predicted octanol–water partition coefficient (Wildman–Crippen LogP) is 4.19. The minimum Gasteiger partial charge on any atom is -0.352 e. The molecule has 3 aromatic heterocycles. The number of nitrogens with zero attached hydrogens (tertiary/aromatic N) is 5. The standard InChI is InChI=1S/C21H22F2N8O2S/c1-11-12(2)25-17(10-24-11)27-16-9-14(18-20(28-16)30-21(29-18)19(22)23)26-13-7-5-6-8-15(13)31(3)34(4,32)33/h5-10,19H,1-4H3,(H3,25,26,27,28,29,30). The summed E-state index contributed by atoms with van der Waals surface area (Å²) in [5.74, 6) is 0.188. The molecule has 13 heteroatoms. The average Bonchev–Trinajstić information content (AvgIpc) is 3.20. The number of alkyl halides is 2. The van der Waals surface area contributed by atoms with Crippen LogP contribution in [0.4, 0.5) is 37.5 Å². The molecule has 178 valence electrons. The van der Waals surface area contributed by atoms with E-state index in [4.69, 9.17) is 0 Å². The number of anilines is 5. The van der Waals surface area contributed by atoms with Crippen LogP contribution < -0.4 is 14.9 Å². The van der Waals surface area contributed by atoms with Gasteiger partial charge in [0.2, 0.25) is 10.0 Å². The number of imidazole rings is 1. The van der Waals surface area contributed by atoms with Gasteiger partial charge in [-0.05, 0) is 26.0 Å². The number of H-pyrrole nitrogens is 1. The van der Waals surface area contributed by atoms with Gasteiger partial charge in [-0.1, -0.05) is 12.1 Å². The summed E-state index contributed by atoms with van der Waals surface area (Å²) in [6.45, 7) is 3.65. The highest BCUT2D eigenvalue weighted by molar-refractivity contribution is 7.92. The number of hydrogen-bond donors (Lipinski definition) is 3. The molecule has 0 bridgehead atoms. The summed E-state index contributed by atoms with van der Waals surface area (Å²) in [4.78, 5) is 19.5. The first-order chi connectivity index (χ1) is 16.0. The molecule has 0 unspecified atom stereocenters. The van der Waals surface area contributed by atoms with E-state index in [1.165, 1.54) is 13.2 Å². The average molecular weight is 489 g/mol. The van der Waals surface area contributed by atoms with Crippen LogP contribution >= 0.6 is 0 Å². The van der Waals surface area contributed by atoms with Crippen LogP contribution in [0.3, 0.4) is 0 Å². The molecule has 0 spiro atoms. The van der Waals surface area contributed by atoms with Crippen LogP contribution in [0.1, 0.15) is 23.6 Å². The number of aromatic nitrogens is 5. The van der Waals surface area contributed by atoms with E-state index in [1.54, 1.807) is 30.3 Å². The van der Waals surface area contributed by atoms with Crippen LogP contribution in [0, 0.1) is 13.8 Å². The van der Waals surface area contributed by atoms with Crippen molar-refractivity contribution in [3.8, 4) is 0 Å². The Bertz CT molecular complexity index is 1470. The first-order valence-corrected chi connectivity index (χ1v) is 11.9. The van der Waals surface area contributed by atoms with Gasteiger partial charge < -0.3 is 15.6 Å². The maximum atomic E-state index is 13.3. The van der Waals surface area contributed by atoms with Gasteiger partial charge in [0.05, 0.1) is 40.9 Å². The van der Waals surface area contributed by atoms with Crippen molar-refractivity contribution in [3.63, 3.8) is 0 Å². The largest absolute Gasteiger partial charge is 0.352 e. The normalized spacial score (nSPS) is 11.7. The minimum absolute atomic E-state index is 0.119. The lowest BCUT2D eigenvalue weighted by molar-refractivity contribution is 0.142. The number of benzene rings is 1. The van der Waals surface area contributed by atoms with Gasteiger partial charge in [-0.25, -0.2) is 32.2 Å². The Morgan fingerprint density at radius 3 is 2.41 bits per heavy atom. The Kier molecular flexibility index (Phi) is 6.04. The minimum atomic E-state index is -3.54. The summed E-state index contributed by atoms with van der Waals surface area (Å²) >= 11 is 0. The number of nitrogens with one attached hydrogen (secondary N) is 3. The van der Waals surface area contributed by atoms with E-state index >= 15 is 0 Å². The van der Waals surface area contributed by atoms with E-state index in [9.17, 15) is 17.2 Å². The number of fused-ring (bicyclic) bond motifs is 1. The molecule has 3 N–H and O–H groups in total. The van der Waals surface area contributed by atoms with E-state index in [0.717, 1.165) is 21.9 Å². The zero-order valence-electron chi connectivity index (χ0n) is 18.8. The Labute approximate surface area is 194 Å². The van der Waals surface area contributed by atoms with Crippen molar-refractivity contribution in [1.82, 2.24) is 24.9 Å². The van der Waals surface area contributed by atoms with Crippen molar-refractivity contribution in [2.45, 2.75) is 20.3 Å². The molecule has 4 rings (SSSR count). The summed E-state index contributed by atoms with van der Waals surface area (Å²) in [7, 11) is -2.12. The van der Waals surface area contributed by atoms with Crippen molar-refractivity contribution < 1.29 is 17.2 Å². The van der Waals surface area contributed by atoms with Crippen molar-refractivity contribution in [2.75, 3.05) is 28.2 Å². The summed E-state index contributed by atoms with van der Waals surface area (Å²) in [6.07, 6.45) is -0.202. The molecule has 0 fully saturated rings. The smallest absolute Gasteiger partial charge is 0.295 e. The lowest BCUT2D eigenvalue weighted by Gasteiger charge is -2.21. The summed E-state index contributed by atoms with van der Waals surface area (Å²) in [6, 6.07) is 8.29. The molecular formula is C21H22F2N8O2S. The third kappa shape index (κ3) is 4.73. The highest BCUT2D eigenvalue weighted by Gasteiger charge is 2.20. The zero-order valence-corrected chi connectivity index (χ0v) is 19.6. The SMILES string of the molecule is Cc1ncc(Nc2cc(Nc3ccccc3N(C)S(C)(=O)=O)c3nc(C(F)F)[nH]c3n2)nc1C. The second-order valence-electron chi connectivity index (χ2n) is 7.60. The number of sulfonamides is 1. The molecule has 0 aliphatic carbocycles. The summed E-state index contributed by atoms with van der Waals surface area (Å²) in [5, 5.41) is 6.14. The first kappa shape index (κ1) is 23.3. The molecule has 0 amide bonds. The van der Waals surface area contributed by atoms with Gasteiger partial charge in [0, 0.05) is 13.1 Å². The Balaban J connectivity index is 1.81. The predicted molar refractivity (Wildman–Crippen MR) is 127 cm³/mol. The number of halogens is 2. The number of para-hydroxylation sites is 2. The molecule has 0 atom stereocenters. The van der Waals surface area contributed by atoms with E-state index in [-0.39, 0.29) is 11.2 Å². The number of aryl methyl sites for hydroxylation is 2. The van der Waals surface area contributed by atoms with Gasteiger partial charge in [0.15, 0.2) is 11.5 Å². The first-order valence-electron chi connectivity index (χ1n) is 10.1. The third-order valence-corrected chi connectivity index (χ3v) is 6.33. The number of pyridine rings is 1. The lowest BCUT2D eigenvalue weighted by Crippen LogP contribution is -2.25. The maximum absolute atomic E-state index is 13.3. The molecule has 3 heterocycles. The summed E-state index contributed by atoms with van der Waals surface area (Å²) in [5.41, 5.74) is 2.93. The fraction of sp³-hybridized carbons (Fsp3) is 0.238. The molecule has 0 saturated heterocycles. The quantitative estimate of drug-likeness (QED) is 0.353. The number of rotatable bonds is 7. The van der Waals surface area contributed by atoms with Gasteiger partial charge in [0.1, 0.15) is 17.2 Å². The van der Waals surface area contributed by atoms with Gasteiger partial charge in [-0.2, -0.15) is 0 Å². The fourth-order valence-corrected chi connectivity index (χ4v) is 3.70. The van der Waals surface area contributed by atoms with Gasteiger partial charge in [0.25, 0.3) is 6.43 Å².